The predicted octanol–water partition coefficient (Wildman–Crippen LogP) is 2.35. The Morgan fingerprint density at radius 2 is 2.25 bits per heavy atom. The minimum atomic E-state index is -0.511. The van der Waals surface area contributed by atoms with Gasteiger partial charge in [-0.3, -0.25) is 4.79 Å². The zero-order valence-electron chi connectivity index (χ0n) is 7.91. The summed E-state index contributed by atoms with van der Waals surface area (Å²) in [6, 6.07) is 5.45. The first-order valence-corrected chi connectivity index (χ1v) is 4.71. The first-order valence-electron chi connectivity index (χ1n) is 4.33. The molecular formula is C10H6ClFN2O2. The molecule has 0 amide bonds. The van der Waals surface area contributed by atoms with E-state index in [4.69, 9.17) is 16.3 Å². The van der Waals surface area contributed by atoms with Crippen molar-refractivity contribution in [3.05, 3.63) is 51.8 Å². The molecule has 0 atom stereocenters. The molecule has 2 rings (SSSR count). The lowest BCUT2D eigenvalue weighted by Gasteiger charge is -2.04. The average Bonchev–Trinajstić information content (AvgIpc) is 2.25. The van der Waals surface area contributed by atoms with Crippen molar-refractivity contribution in [3.63, 3.8) is 0 Å². The number of ether oxygens (including phenoxy) is 1. The van der Waals surface area contributed by atoms with Crippen molar-refractivity contribution in [2.45, 2.75) is 0 Å². The molecule has 0 saturated heterocycles. The van der Waals surface area contributed by atoms with Gasteiger partial charge in [-0.1, -0.05) is 17.7 Å². The highest BCUT2D eigenvalue weighted by Crippen LogP contribution is 2.23. The second-order valence-corrected chi connectivity index (χ2v) is 3.29. The quantitative estimate of drug-likeness (QED) is 0.877. The monoisotopic (exact) mass is 240 g/mol. The van der Waals surface area contributed by atoms with Crippen LogP contribution in [0, 0.1) is 5.82 Å². The Hall–Kier alpha value is -1.88. The highest BCUT2D eigenvalue weighted by Gasteiger charge is 2.08. The molecule has 1 aromatic carbocycles. The second kappa shape index (κ2) is 4.32. The smallest absolute Gasteiger partial charge is 0.273 e. The van der Waals surface area contributed by atoms with Gasteiger partial charge in [0.25, 0.3) is 5.56 Å². The molecule has 0 spiro atoms. The Kier molecular flexibility index (Phi) is 2.87. The first-order chi connectivity index (χ1) is 7.66. The number of hydrogen-bond acceptors (Lipinski definition) is 3. The third kappa shape index (κ3) is 2.20. The van der Waals surface area contributed by atoms with E-state index in [-0.39, 0.29) is 16.7 Å². The van der Waals surface area contributed by atoms with Gasteiger partial charge in [-0.05, 0) is 12.1 Å². The Bertz CT molecular complexity index is 571. The molecule has 1 aromatic heterocycles. The molecule has 0 bridgehead atoms. The van der Waals surface area contributed by atoms with Crippen molar-refractivity contribution >= 4 is 11.6 Å². The van der Waals surface area contributed by atoms with Crippen molar-refractivity contribution in [2.24, 2.45) is 0 Å². The van der Waals surface area contributed by atoms with E-state index in [0.717, 1.165) is 6.33 Å². The molecule has 0 aliphatic carbocycles. The summed E-state index contributed by atoms with van der Waals surface area (Å²) in [6.45, 7) is 0. The molecule has 1 N–H and O–H groups in total. The molecule has 16 heavy (non-hydrogen) atoms. The van der Waals surface area contributed by atoms with Gasteiger partial charge in [0.2, 0.25) is 5.88 Å². The maximum atomic E-state index is 12.8. The number of benzene rings is 1. The lowest BCUT2D eigenvalue weighted by Crippen LogP contribution is -2.07. The largest absolute Gasteiger partial charge is 0.437 e. The Balaban J connectivity index is 2.34. The highest BCUT2D eigenvalue weighted by atomic mass is 35.5. The Morgan fingerprint density at radius 1 is 1.44 bits per heavy atom. The van der Waals surface area contributed by atoms with Gasteiger partial charge in [0.15, 0.2) is 5.02 Å². The van der Waals surface area contributed by atoms with E-state index in [1.165, 1.54) is 24.3 Å². The van der Waals surface area contributed by atoms with Crippen molar-refractivity contribution in [1.82, 2.24) is 9.97 Å². The van der Waals surface area contributed by atoms with Crippen LogP contribution in [-0.2, 0) is 0 Å². The molecule has 0 aliphatic heterocycles. The van der Waals surface area contributed by atoms with Crippen LogP contribution in [0.2, 0.25) is 5.02 Å². The van der Waals surface area contributed by atoms with Crippen molar-refractivity contribution < 1.29 is 9.13 Å². The molecule has 4 nitrogen and oxygen atoms in total. The SMILES string of the molecule is O=c1[nH]cnc(Oc2cccc(F)c2)c1Cl. The van der Waals surface area contributed by atoms with E-state index in [2.05, 4.69) is 9.97 Å². The molecule has 82 valence electrons. The molecule has 0 aliphatic rings. The van der Waals surface area contributed by atoms with Gasteiger partial charge >= 0.3 is 0 Å². The first kappa shape index (κ1) is 10.6. The molecule has 1 heterocycles. The zero-order chi connectivity index (χ0) is 11.5. The lowest BCUT2D eigenvalue weighted by molar-refractivity contribution is 0.456. The number of aromatic amines is 1. The number of aromatic nitrogens is 2. The molecule has 0 unspecified atom stereocenters. The van der Waals surface area contributed by atoms with Crippen molar-refractivity contribution in [1.29, 1.82) is 0 Å². The third-order valence-corrected chi connectivity index (χ3v) is 2.11. The summed E-state index contributed by atoms with van der Waals surface area (Å²) in [6.07, 6.45) is 1.16. The second-order valence-electron chi connectivity index (χ2n) is 2.91. The van der Waals surface area contributed by atoms with E-state index in [1.807, 2.05) is 0 Å². The van der Waals surface area contributed by atoms with Crippen LogP contribution in [0.25, 0.3) is 0 Å². The molecule has 2 aromatic rings. The van der Waals surface area contributed by atoms with E-state index in [9.17, 15) is 9.18 Å². The summed E-state index contributed by atoms with van der Waals surface area (Å²) < 4.78 is 18.0. The van der Waals surface area contributed by atoms with Gasteiger partial charge in [-0.25, -0.2) is 9.37 Å². The zero-order valence-corrected chi connectivity index (χ0v) is 8.66. The molecule has 0 saturated carbocycles. The summed E-state index contributed by atoms with van der Waals surface area (Å²) in [7, 11) is 0. The van der Waals surface area contributed by atoms with Gasteiger partial charge < -0.3 is 9.72 Å². The van der Waals surface area contributed by atoms with E-state index >= 15 is 0 Å². The summed E-state index contributed by atoms with van der Waals surface area (Å²) in [5.74, 6) is -0.283. The van der Waals surface area contributed by atoms with Gasteiger partial charge in [0.1, 0.15) is 11.6 Å². The van der Waals surface area contributed by atoms with Crippen LogP contribution in [0.15, 0.2) is 35.4 Å². The fourth-order valence-corrected chi connectivity index (χ4v) is 1.22. The highest BCUT2D eigenvalue weighted by molar-refractivity contribution is 6.31. The summed E-state index contributed by atoms with van der Waals surface area (Å²) in [5, 5.41) is -0.174. The van der Waals surface area contributed by atoms with E-state index < -0.39 is 11.4 Å². The number of H-pyrrole nitrogens is 1. The fraction of sp³-hybridized carbons (Fsp3) is 0. The van der Waals surface area contributed by atoms with Gasteiger partial charge in [0.05, 0.1) is 6.33 Å². The van der Waals surface area contributed by atoms with Crippen LogP contribution >= 0.6 is 11.6 Å². The standard InChI is InChI=1S/C10H6ClFN2O2/c11-8-9(15)13-5-14-10(8)16-7-3-1-2-6(12)4-7/h1-5H,(H,13,14,15). The molecule has 6 heteroatoms. The van der Waals surface area contributed by atoms with Gasteiger partial charge in [-0.15, -0.1) is 0 Å². The maximum absolute atomic E-state index is 12.8. The van der Waals surface area contributed by atoms with E-state index in [0.29, 0.717) is 0 Å². The summed E-state index contributed by atoms with van der Waals surface area (Å²) in [5.41, 5.74) is -0.511. The number of rotatable bonds is 2. The number of hydrogen-bond donors (Lipinski definition) is 1. The third-order valence-electron chi connectivity index (χ3n) is 1.78. The maximum Gasteiger partial charge on any atom is 0.273 e. The van der Waals surface area contributed by atoms with Crippen LogP contribution in [0.1, 0.15) is 0 Å². The van der Waals surface area contributed by atoms with Crippen molar-refractivity contribution in [2.75, 3.05) is 0 Å². The Morgan fingerprint density at radius 3 is 3.00 bits per heavy atom. The van der Waals surface area contributed by atoms with E-state index in [1.54, 1.807) is 0 Å². The lowest BCUT2D eigenvalue weighted by atomic mass is 10.3. The van der Waals surface area contributed by atoms with Crippen LogP contribution < -0.4 is 10.3 Å². The minimum absolute atomic E-state index is 0.0592. The predicted molar refractivity (Wildman–Crippen MR) is 56.3 cm³/mol. The number of nitrogens with one attached hydrogen (secondary N) is 1. The normalized spacial score (nSPS) is 10.1. The summed E-state index contributed by atoms with van der Waals surface area (Å²) in [4.78, 5) is 17.1. The minimum Gasteiger partial charge on any atom is -0.437 e. The summed E-state index contributed by atoms with van der Waals surface area (Å²) >= 11 is 5.66. The molecule has 0 radical (unpaired) electrons. The van der Waals surface area contributed by atoms with Crippen molar-refractivity contribution in [3.8, 4) is 11.6 Å². The van der Waals surface area contributed by atoms with Crippen LogP contribution in [0.4, 0.5) is 4.39 Å². The van der Waals surface area contributed by atoms with Crippen LogP contribution in [0.5, 0.6) is 11.6 Å². The molecular weight excluding hydrogens is 235 g/mol. The van der Waals surface area contributed by atoms with Gasteiger partial charge in [0, 0.05) is 6.07 Å². The Labute approximate surface area is 94.7 Å². The van der Waals surface area contributed by atoms with Gasteiger partial charge in [-0.2, -0.15) is 0 Å². The molecule has 0 fully saturated rings. The number of nitrogens with zero attached hydrogens (tertiary/aromatic N) is 1. The number of halogens is 2. The average molecular weight is 241 g/mol. The van der Waals surface area contributed by atoms with Crippen LogP contribution in [-0.4, -0.2) is 9.97 Å². The van der Waals surface area contributed by atoms with Crippen LogP contribution in [0.3, 0.4) is 0 Å². The fourth-order valence-electron chi connectivity index (χ4n) is 1.08. The topological polar surface area (TPSA) is 55.0 Å².